The summed E-state index contributed by atoms with van der Waals surface area (Å²) in [6.45, 7) is 6.34. The average molecular weight is 333 g/mol. The summed E-state index contributed by atoms with van der Waals surface area (Å²) < 4.78 is 0. The van der Waals surface area contributed by atoms with Crippen molar-refractivity contribution in [3.8, 4) is 0 Å². The van der Waals surface area contributed by atoms with Gasteiger partial charge in [-0.05, 0) is 25.5 Å². The first-order chi connectivity index (χ1) is 12.2. The van der Waals surface area contributed by atoms with Crippen molar-refractivity contribution in [2.45, 2.75) is 45.8 Å². The van der Waals surface area contributed by atoms with Crippen LogP contribution in [0.15, 0.2) is 42.9 Å². The summed E-state index contributed by atoms with van der Waals surface area (Å²) in [4.78, 5) is 16.0. The van der Waals surface area contributed by atoms with Crippen LogP contribution < -0.4 is 5.32 Å². The van der Waals surface area contributed by atoms with E-state index in [4.69, 9.17) is 0 Å². The molecule has 3 aromatic rings. The van der Waals surface area contributed by atoms with Crippen molar-refractivity contribution >= 4 is 22.4 Å². The number of fused-ring (bicyclic) bond motifs is 2. The third-order valence-corrected chi connectivity index (χ3v) is 4.93. The van der Waals surface area contributed by atoms with Gasteiger partial charge in [-0.3, -0.25) is 9.88 Å². The smallest absolute Gasteiger partial charge is 0.138 e. The van der Waals surface area contributed by atoms with E-state index in [0.717, 1.165) is 41.2 Å². The number of nitrogens with zero attached hydrogens (tertiary/aromatic N) is 4. The molecule has 5 heteroatoms. The Bertz CT molecular complexity index is 892. The van der Waals surface area contributed by atoms with Crippen LogP contribution in [0.3, 0.4) is 0 Å². The molecule has 2 aromatic heterocycles. The highest BCUT2D eigenvalue weighted by Crippen LogP contribution is 2.30. The SMILES string of the molecule is CCCC(C)N1Cc2ncnc(Nc3cnc4ccccc4c3)c2C1. The Morgan fingerprint density at radius 2 is 2.04 bits per heavy atom. The van der Waals surface area contributed by atoms with Gasteiger partial charge in [-0.25, -0.2) is 9.97 Å². The minimum atomic E-state index is 0.564. The minimum absolute atomic E-state index is 0.564. The molecule has 1 aromatic carbocycles. The summed E-state index contributed by atoms with van der Waals surface area (Å²) >= 11 is 0. The molecule has 0 saturated carbocycles. The van der Waals surface area contributed by atoms with Crippen LogP contribution in [0.2, 0.25) is 0 Å². The molecule has 0 fully saturated rings. The third kappa shape index (κ3) is 3.20. The van der Waals surface area contributed by atoms with Crippen LogP contribution >= 0.6 is 0 Å². The monoisotopic (exact) mass is 333 g/mol. The fourth-order valence-corrected chi connectivity index (χ4v) is 3.50. The lowest BCUT2D eigenvalue weighted by atomic mass is 10.2. The molecular formula is C20H23N5. The van der Waals surface area contributed by atoms with Gasteiger partial charge in [0.1, 0.15) is 12.1 Å². The maximum Gasteiger partial charge on any atom is 0.138 e. The van der Waals surface area contributed by atoms with E-state index in [0.29, 0.717) is 6.04 Å². The Hall–Kier alpha value is -2.53. The van der Waals surface area contributed by atoms with Crippen molar-refractivity contribution in [3.63, 3.8) is 0 Å². The molecule has 0 aliphatic carbocycles. The van der Waals surface area contributed by atoms with E-state index in [-0.39, 0.29) is 0 Å². The summed E-state index contributed by atoms with van der Waals surface area (Å²) in [6.07, 6.45) is 5.93. The van der Waals surface area contributed by atoms with Crippen LogP contribution in [-0.2, 0) is 13.1 Å². The van der Waals surface area contributed by atoms with E-state index in [9.17, 15) is 0 Å². The molecule has 0 radical (unpaired) electrons. The Morgan fingerprint density at radius 3 is 2.92 bits per heavy atom. The molecule has 3 heterocycles. The van der Waals surface area contributed by atoms with Gasteiger partial charge in [0, 0.05) is 30.1 Å². The van der Waals surface area contributed by atoms with Crippen molar-refractivity contribution in [3.05, 3.63) is 54.1 Å². The Labute approximate surface area is 148 Å². The lowest BCUT2D eigenvalue weighted by molar-refractivity contribution is 0.201. The van der Waals surface area contributed by atoms with Crippen molar-refractivity contribution in [1.82, 2.24) is 19.9 Å². The number of hydrogen-bond acceptors (Lipinski definition) is 5. The molecule has 1 aliphatic heterocycles. The molecule has 4 rings (SSSR count). The third-order valence-electron chi connectivity index (χ3n) is 4.93. The molecular weight excluding hydrogens is 310 g/mol. The summed E-state index contributed by atoms with van der Waals surface area (Å²) in [7, 11) is 0. The highest BCUT2D eigenvalue weighted by molar-refractivity contribution is 5.82. The van der Waals surface area contributed by atoms with Crippen LogP contribution in [0.4, 0.5) is 11.5 Å². The molecule has 0 bridgehead atoms. The Morgan fingerprint density at radius 1 is 1.16 bits per heavy atom. The van der Waals surface area contributed by atoms with Gasteiger partial charge in [-0.1, -0.05) is 31.5 Å². The molecule has 1 unspecified atom stereocenters. The highest BCUT2D eigenvalue weighted by Gasteiger charge is 2.26. The second-order valence-corrected chi connectivity index (χ2v) is 6.73. The van der Waals surface area contributed by atoms with Crippen molar-refractivity contribution in [2.75, 3.05) is 5.32 Å². The van der Waals surface area contributed by atoms with E-state index in [1.165, 1.54) is 18.4 Å². The highest BCUT2D eigenvalue weighted by atomic mass is 15.2. The molecule has 0 amide bonds. The first-order valence-corrected chi connectivity index (χ1v) is 8.93. The molecule has 0 spiro atoms. The number of para-hydroxylation sites is 1. The number of anilines is 2. The lowest BCUT2D eigenvalue weighted by Gasteiger charge is -2.22. The lowest BCUT2D eigenvalue weighted by Crippen LogP contribution is -2.27. The van der Waals surface area contributed by atoms with E-state index in [1.54, 1.807) is 6.33 Å². The zero-order chi connectivity index (χ0) is 17.2. The molecule has 1 aliphatic rings. The number of pyridine rings is 1. The first-order valence-electron chi connectivity index (χ1n) is 8.93. The molecule has 0 saturated heterocycles. The number of hydrogen-bond donors (Lipinski definition) is 1. The number of aromatic nitrogens is 3. The Kier molecular flexibility index (Phi) is 4.32. The summed E-state index contributed by atoms with van der Waals surface area (Å²) in [5.74, 6) is 0.897. The number of rotatable bonds is 5. The quantitative estimate of drug-likeness (QED) is 0.755. The fourth-order valence-electron chi connectivity index (χ4n) is 3.50. The minimum Gasteiger partial charge on any atom is -0.339 e. The van der Waals surface area contributed by atoms with Crippen LogP contribution in [0, 0.1) is 0 Å². The number of nitrogens with one attached hydrogen (secondary N) is 1. The normalized spacial score (nSPS) is 15.3. The van der Waals surface area contributed by atoms with Crippen LogP contribution in [0.1, 0.15) is 37.9 Å². The van der Waals surface area contributed by atoms with Gasteiger partial charge in [-0.2, -0.15) is 0 Å². The van der Waals surface area contributed by atoms with Gasteiger partial charge in [0.25, 0.3) is 0 Å². The molecule has 25 heavy (non-hydrogen) atoms. The predicted molar refractivity (Wildman–Crippen MR) is 101 cm³/mol. The van der Waals surface area contributed by atoms with Gasteiger partial charge < -0.3 is 5.32 Å². The van der Waals surface area contributed by atoms with E-state index in [2.05, 4.69) is 51.1 Å². The first kappa shape index (κ1) is 16.0. The van der Waals surface area contributed by atoms with Crippen molar-refractivity contribution in [1.29, 1.82) is 0 Å². The summed E-state index contributed by atoms with van der Waals surface area (Å²) in [5.41, 5.74) is 4.30. The average Bonchev–Trinajstić information content (AvgIpc) is 3.07. The van der Waals surface area contributed by atoms with Crippen LogP contribution in [0.25, 0.3) is 10.9 Å². The van der Waals surface area contributed by atoms with E-state index < -0.39 is 0 Å². The van der Waals surface area contributed by atoms with Crippen LogP contribution in [-0.4, -0.2) is 25.9 Å². The molecule has 1 N–H and O–H groups in total. The number of benzene rings is 1. The molecule has 128 valence electrons. The van der Waals surface area contributed by atoms with Gasteiger partial charge in [-0.15, -0.1) is 0 Å². The predicted octanol–water partition coefficient (Wildman–Crippen LogP) is 4.27. The van der Waals surface area contributed by atoms with Gasteiger partial charge in [0.2, 0.25) is 0 Å². The largest absolute Gasteiger partial charge is 0.339 e. The zero-order valence-corrected chi connectivity index (χ0v) is 14.7. The van der Waals surface area contributed by atoms with Gasteiger partial charge >= 0.3 is 0 Å². The maximum atomic E-state index is 4.52. The molecule has 1 atom stereocenters. The second-order valence-electron chi connectivity index (χ2n) is 6.73. The Balaban J connectivity index is 1.59. The van der Waals surface area contributed by atoms with E-state index >= 15 is 0 Å². The van der Waals surface area contributed by atoms with Crippen molar-refractivity contribution < 1.29 is 0 Å². The van der Waals surface area contributed by atoms with Gasteiger partial charge in [0.05, 0.1) is 23.1 Å². The van der Waals surface area contributed by atoms with Crippen LogP contribution in [0.5, 0.6) is 0 Å². The zero-order valence-electron chi connectivity index (χ0n) is 14.7. The topological polar surface area (TPSA) is 53.9 Å². The summed E-state index contributed by atoms with van der Waals surface area (Å²) in [5, 5.41) is 4.57. The van der Waals surface area contributed by atoms with E-state index in [1.807, 2.05) is 24.4 Å². The van der Waals surface area contributed by atoms with Gasteiger partial charge in [0.15, 0.2) is 0 Å². The second kappa shape index (κ2) is 6.76. The standard InChI is InChI=1S/C20H23N5/c1-3-6-14(2)25-11-17-19(12-25)22-13-23-20(17)24-16-9-15-7-4-5-8-18(15)21-10-16/h4-5,7-10,13-14H,3,6,11-12H2,1-2H3,(H,22,23,24). The fraction of sp³-hybridized carbons (Fsp3) is 0.350. The van der Waals surface area contributed by atoms with Crippen molar-refractivity contribution in [2.24, 2.45) is 0 Å². The maximum absolute atomic E-state index is 4.52. The summed E-state index contributed by atoms with van der Waals surface area (Å²) in [6, 6.07) is 10.8. The molecule has 5 nitrogen and oxygen atoms in total.